The molecule has 8 aromatic carbocycles. The van der Waals surface area contributed by atoms with E-state index in [4.69, 9.17) is 0 Å². The Hall–Kier alpha value is -5.96. The van der Waals surface area contributed by atoms with Gasteiger partial charge in [0.15, 0.2) is 0 Å². The quantitative estimate of drug-likeness (QED) is 0.176. The number of anilines is 3. The molecule has 0 fully saturated rings. The van der Waals surface area contributed by atoms with E-state index in [0.717, 1.165) is 5.69 Å². The first-order valence-electron chi connectivity index (χ1n) is 17.7. The van der Waals surface area contributed by atoms with Gasteiger partial charge in [-0.2, -0.15) is 0 Å². The summed E-state index contributed by atoms with van der Waals surface area (Å²) in [6.07, 6.45) is 0. The largest absolute Gasteiger partial charge is 0.310 e. The van der Waals surface area contributed by atoms with E-state index in [0.29, 0.717) is 0 Å². The highest BCUT2D eigenvalue weighted by atomic mass is 32.1. The molecular weight excluding hydrogens is 635 g/mol. The normalized spacial score (nSPS) is 13.1. The highest BCUT2D eigenvalue weighted by Gasteiger charge is 2.35. The monoisotopic (exact) mass is 669 g/mol. The van der Waals surface area contributed by atoms with Gasteiger partial charge in [-0.3, -0.25) is 0 Å². The molecule has 1 aliphatic carbocycles. The summed E-state index contributed by atoms with van der Waals surface area (Å²) in [5.41, 5.74) is 13.7. The van der Waals surface area contributed by atoms with E-state index in [1.807, 2.05) is 11.3 Å². The molecule has 1 aliphatic rings. The van der Waals surface area contributed by atoms with Crippen LogP contribution in [0.3, 0.4) is 0 Å². The third-order valence-electron chi connectivity index (χ3n) is 10.9. The first-order valence-corrected chi connectivity index (χ1v) is 18.5. The van der Waals surface area contributed by atoms with Gasteiger partial charge in [0.05, 0.1) is 5.69 Å². The van der Waals surface area contributed by atoms with Gasteiger partial charge in [-0.25, -0.2) is 0 Å². The first-order chi connectivity index (χ1) is 25.0. The molecular formula is C49H35NS. The van der Waals surface area contributed by atoms with Crippen molar-refractivity contribution in [3.05, 3.63) is 187 Å². The fourth-order valence-electron chi connectivity index (χ4n) is 8.25. The van der Waals surface area contributed by atoms with Crippen molar-refractivity contribution < 1.29 is 0 Å². The predicted molar refractivity (Wildman–Crippen MR) is 220 cm³/mol. The van der Waals surface area contributed by atoms with Crippen LogP contribution in [0.25, 0.3) is 64.3 Å². The second-order valence-corrected chi connectivity index (χ2v) is 15.3. The zero-order valence-electron chi connectivity index (χ0n) is 28.6. The Bertz CT molecular complexity index is 2780. The van der Waals surface area contributed by atoms with Crippen molar-refractivity contribution in [3.8, 4) is 33.4 Å². The molecule has 0 saturated heterocycles. The van der Waals surface area contributed by atoms with Crippen molar-refractivity contribution in [1.29, 1.82) is 0 Å². The highest BCUT2D eigenvalue weighted by molar-refractivity contribution is 7.26. The van der Waals surface area contributed by atoms with Gasteiger partial charge < -0.3 is 4.90 Å². The Labute approximate surface area is 302 Å². The van der Waals surface area contributed by atoms with Crippen LogP contribution in [0.1, 0.15) is 25.0 Å². The molecule has 0 spiro atoms. The van der Waals surface area contributed by atoms with Gasteiger partial charge in [0.25, 0.3) is 0 Å². The fraction of sp³-hybridized carbons (Fsp3) is 0.0612. The fourth-order valence-corrected chi connectivity index (χ4v) is 9.38. The first kappa shape index (κ1) is 29.9. The van der Waals surface area contributed by atoms with Crippen LogP contribution < -0.4 is 4.90 Å². The Kier molecular flexibility index (Phi) is 6.78. The Morgan fingerprint density at radius 2 is 1.08 bits per heavy atom. The van der Waals surface area contributed by atoms with Crippen LogP contribution in [0.4, 0.5) is 17.1 Å². The molecule has 2 heteroatoms. The summed E-state index contributed by atoms with van der Waals surface area (Å²) in [6, 6.07) is 64.9. The molecule has 0 bridgehead atoms. The van der Waals surface area contributed by atoms with Gasteiger partial charge in [0, 0.05) is 37.0 Å². The lowest BCUT2D eigenvalue weighted by Gasteiger charge is -2.29. The summed E-state index contributed by atoms with van der Waals surface area (Å²) in [5.74, 6) is 0. The van der Waals surface area contributed by atoms with E-state index in [9.17, 15) is 0 Å². The minimum Gasteiger partial charge on any atom is -0.310 e. The molecule has 10 rings (SSSR count). The number of thiophene rings is 1. The van der Waals surface area contributed by atoms with Gasteiger partial charge in [-0.05, 0) is 110 Å². The van der Waals surface area contributed by atoms with Crippen molar-refractivity contribution in [2.24, 2.45) is 0 Å². The molecule has 51 heavy (non-hydrogen) atoms. The molecule has 0 atom stereocenters. The van der Waals surface area contributed by atoms with E-state index in [2.05, 4.69) is 195 Å². The molecule has 1 aromatic heterocycles. The van der Waals surface area contributed by atoms with Crippen LogP contribution in [-0.4, -0.2) is 0 Å². The van der Waals surface area contributed by atoms with Gasteiger partial charge >= 0.3 is 0 Å². The van der Waals surface area contributed by atoms with Crippen molar-refractivity contribution in [1.82, 2.24) is 0 Å². The number of fused-ring (bicyclic) bond motifs is 7. The standard InChI is InChI=1S/C49H35NS/c1-49(2)43-17-7-5-15-40(43)41-28-27-39(31-44(41)49)50(45-18-10-20-47-48(45)42-16-6-8-19-46(42)51-47)38-25-23-33(24-26-38)35-13-9-14-36(29-35)37-22-21-32-11-3-4-12-34(32)30-37/h3-31H,1-2H3. The van der Waals surface area contributed by atoms with Crippen LogP contribution in [0.2, 0.25) is 0 Å². The number of nitrogens with zero attached hydrogens (tertiary/aromatic N) is 1. The van der Waals surface area contributed by atoms with Gasteiger partial charge in [0.2, 0.25) is 0 Å². The third kappa shape index (κ3) is 4.82. The summed E-state index contributed by atoms with van der Waals surface area (Å²) in [7, 11) is 0. The summed E-state index contributed by atoms with van der Waals surface area (Å²) in [6.45, 7) is 4.72. The van der Waals surface area contributed by atoms with Gasteiger partial charge in [0.1, 0.15) is 0 Å². The maximum Gasteiger partial charge on any atom is 0.0554 e. The lowest BCUT2D eigenvalue weighted by atomic mass is 9.82. The van der Waals surface area contributed by atoms with E-state index in [-0.39, 0.29) is 5.41 Å². The molecule has 0 amide bonds. The van der Waals surface area contributed by atoms with Crippen LogP contribution in [0, 0.1) is 0 Å². The number of hydrogen-bond donors (Lipinski definition) is 0. The molecule has 0 unspecified atom stereocenters. The van der Waals surface area contributed by atoms with Crippen LogP contribution in [-0.2, 0) is 5.41 Å². The predicted octanol–water partition coefficient (Wildman–Crippen LogP) is 14.3. The molecule has 9 aromatic rings. The Morgan fingerprint density at radius 1 is 0.431 bits per heavy atom. The summed E-state index contributed by atoms with van der Waals surface area (Å²) in [4.78, 5) is 2.47. The molecule has 0 radical (unpaired) electrons. The third-order valence-corrected chi connectivity index (χ3v) is 12.0. The smallest absolute Gasteiger partial charge is 0.0554 e. The SMILES string of the molecule is CC1(C)c2ccccc2-c2ccc(N(c3ccc(-c4cccc(-c5ccc6ccccc6c5)c4)cc3)c3cccc4sc5ccccc5c34)cc21. The lowest BCUT2D eigenvalue weighted by molar-refractivity contribution is 0.660. The number of hydrogen-bond acceptors (Lipinski definition) is 2. The molecule has 0 saturated carbocycles. The average molecular weight is 670 g/mol. The number of benzene rings is 8. The maximum absolute atomic E-state index is 2.47. The lowest BCUT2D eigenvalue weighted by Crippen LogP contribution is -2.16. The Balaban J connectivity index is 1.11. The molecule has 1 nitrogen and oxygen atoms in total. The van der Waals surface area contributed by atoms with Crippen molar-refractivity contribution in [3.63, 3.8) is 0 Å². The topological polar surface area (TPSA) is 3.24 Å². The van der Waals surface area contributed by atoms with Crippen LogP contribution >= 0.6 is 11.3 Å². The molecule has 0 N–H and O–H groups in total. The molecule has 0 aliphatic heterocycles. The van der Waals surface area contributed by atoms with E-state index >= 15 is 0 Å². The zero-order valence-corrected chi connectivity index (χ0v) is 29.4. The van der Waals surface area contributed by atoms with Gasteiger partial charge in [-0.15, -0.1) is 11.3 Å². The van der Waals surface area contributed by atoms with Gasteiger partial charge in [-0.1, -0.05) is 135 Å². The van der Waals surface area contributed by atoms with Crippen molar-refractivity contribution in [2.45, 2.75) is 19.3 Å². The minimum absolute atomic E-state index is 0.0887. The second-order valence-electron chi connectivity index (χ2n) is 14.2. The van der Waals surface area contributed by atoms with Crippen LogP contribution in [0.15, 0.2) is 176 Å². The summed E-state index contributed by atoms with van der Waals surface area (Å²) < 4.78 is 2.61. The van der Waals surface area contributed by atoms with E-state index in [1.54, 1.807) is 0 Å². The summed E-state index contributed by atoms with van der Waals surface area (Å²) in [5, 5.41) is 5.12. The number of rotatable bonds is 5. The average Bonchev–Trinajstić information content (AvgIpc) is 3.67. The second kappa shape index (κ2) is 11.6. The maximum atomic E-state index is 2.47. The van der Waals surface area contributed by atoms with E-state index < -0.39 is 0 Å². The Morgan fingerprint density at radius 3 is 1.96 bits per heavy atom. The molecule has 242 valence electrons. The van der Waals surface area contributed by atoms with Crippen molar-refractivity contribution in [2.75, 3.05) is 4.90 Å². The summed E-state index contributed by atoms with van der Waals surface area (Å²) >= 11 is 1.87. The zero-order chi connectivity index (χ0) is 34.1. The molecule has 1 heterocycles. The van der Waals surface area contributed by atoms with E-state index in [1.165, 1.54) is 86.8 Å². The van der Waals surface area contributed by atoms with Crippen molar-refractivity contribution >= 4 is 59.3 Å². The minimum atomic E-state index is -0.0887. The van der Waals surface area contributed by atoms with Crippen LogP contribution in [0.5, 0.6) is 0 Å². The highest BCUT2D eigenvalue weighted by Crippen LogP contribution is 2.51.